The number of halogens is 4. The fourth-order valence-electron chi connectivity index (χ4n) is 7.35. The van der Waals surface area contributed by atoms with Gasteiger partial charge in [-0.25, -0.2) is 9.59 Å². The molecule has 2 aromatic rings. The van der Waals surface area contributed by atoms with E-state index in [-0.39, 0.29) is 47.0 Å². The number of esters is 2. The predicted molar refractivity (Wildman–Crippen MR) is 222 cm³/mol. The van der Waals surface area contributed by atoms with Gasteiger partial charge in [-0.1, -0.05) is 52.4 Å². The molecule has 0 aromatic heterocycles. The highest BCUT2D eigenvalue weighted by molar-refractivity contribution is 9.11. The summed E-state index contributed by atoms with van der Waals surface area (Å²) in [6.07, 6.45) is 6.04. The Labute approximate surface area is 348 Å². The van der Waals surface area contributed by atoms with Crippen LogP contribution < -0.4 is 22.1 Å². The molecule has 0 amide bonds. The van der Waals surface area contributed by atoms with Crippen molar-refractivity contribution < 1.29 is 39.5 Å². The van der Waals surface area contributed by atoms with Crippen LogP contribution in [0.3, 0.4) is 0 Å². The first-order chi connectivity index (χ1) is 24.7. The van der Waals surface area contributed by atoms with E-state index in [1.807, 2.05) is 0 Å². The summed E-state index contributed by atoms with van der Waals surface area (Å²) in [6.45, 7) is 3.91. The van der Waals surface area contributed by atoms with Crippen molar-refractivity contribution in [2.24, 2.45) is 0 Å². The van der Waals surface area contributed by atoms with Crippen molar-refractivity contribution in [3.8, 4) is 0 Å². The smallest absolute Gasteiger partial charge is 0.338 e. The van der Waals surface area contributed by atoms with Crippen LogP contribution in [-0.4, -0.2) is 81.1 Å². The summed E-state index contributed by atoms with van der Waals surface area (Å²) in [7, 11) is 0. The van der Waals surface area contributed by atoms with Crippen LogP contribution in [0.5, 0.6) is 0 Å². The number of hydrogen-bond donors (Lipinski definition) is 8. The molecule has 2 saturated carbocycles. The zero-order valence-corrected chi connectivity index (χ0v) is 35.9. The Bertz CT molecular complexity index is 1420. The van der Waals surface area contributed by atoms with E-state index in [4.69, 9.17) is 20.9 Å². The number of ether oxygens (including phenoxy) is 2. The molecule has 0 aliphatic heterocycles. The zero-order chi connectivity index (χ0) is 38.1. The van der Waals surface area contributed by atoms with E-state index in [1.54, 1.807) is 12.1 Å². The number of nitrogens with one attached hydrogen (secondary N) is 2. The molecule has 2 aliphatic rings. The summed E-state index contributed by atoms with van der Waals surface area (Å²) in [6, 6.07) is 6.30. The molecule has 2 fully saturated rings. The summed E-state index contributed by atoms with van der Waals surface area (Å²) in [5.74, 6) is -1.54. The number of carbonyl (C=O) groups is 2. The second-order valence-corrected chi connectivity index (χ2v) is 16.2. The van der Waals surface area contributed by atoms with Gasteiger partial charge in [0.1, 0.15) is 37.6 Å². The second kappa shape index (κ2) is 22.3. The summed E-state index contributed by atoms with van der Waals surface area (Å²) in [5.41, 5.74) is 15.5. The van der Waals surface area contributed by atoms with Gasteiger partial charge in [0.25, 0.3) is 0 Å². The average Bonchev–Trinajstić information content (AvgIpc) is 3.16. The normalized spacial score (nSPS) is 18.6. The number of rotatable bonds is 17. The Kier molecular flexibility index (Phi) is 20.0. The lowest BCUT2D eigenvalue weighted by molar-refractivity contribution is -0.125. The van der Waals surface area contributed by atoms with Crippen molar-refractivity contribution in [1.29, 1.82) is 0 Å². The first kappa shape index (κ1) is 48.4. The molecule has 0 radical (unpaired) electrons. The average molecular weight is 930 g/mol. The first-order valence-electron chi connectivity index (χ1n) is 18.5. The minimum Gasteiger partial charge on any atom is -0.459 e. The van der Waals surface area contributed by atoms with Crippen LogP contribution in [0.2, 0.25) is 0 Å². The quantitative estimate of drug-likeness (QED) is 0.0671. The molecule has 54 heavy (non-hydrogen) atoms. The van der Waals surface area contributed by atoms with Crippen molar-refractivity contribution >= 4 is 80.0 Å². The van der Waals surface area contributed by atoms with Gasteiger partial charge in [-0.05, 0) is 106 Å². The van der Waals surface area contributed by atoms with Crippen LogP contribution in [-0.2, 0) is 22.6 Å². The molecular formula is C38H58Br2Cl2N4O8. The molecule has 4 atom stereocenters. The number of aliphatic hydroxyl groups excluding tert-OH is 4. The number of carbonyl (C=O) groups excluding carboxylic acids is 2. The van der Waals surface area contributed by atoms with Crippen LogP contribution in [0.25, 0.3) is 0 Å². The fraction of sp³-hybridized carbons (Fsp3) is 0.632. The largest absolute Gasteiger partial charge is 0.459 e. The van der Waals surface area contributed by atoms with Crippen molar-refractivity contribution in [2.75, 3.05) is 24.7 Å². The zero-order valence-electron chi connectivity index (χ0n) is 31.1. The van der Waals surface area contributed by atoms with Crippen molar-refractivity contribution in [3.05, 3.63) is 55.5 Å². The van der Waals surface area contributed by atoms with Crippen molar-refractivity contribution in [2.45, 2.75) is 139 Å². The van der Waals surface area contributed by atoms with Crippen LogP contribution in [0, 0.1) is 0 Å². The third-order valence-electron chi connectivity index (χ3n) is 11.1. The molecule has 0 spiro atoms. The van der Waals surface area contributed by atoms with E-state index in [9.17, 15) is 30.0 Å². The first-order valence-corrected chi connectivity index (χ1v) is 20.0. The minimum absolute atomic E-state index is 0. The second-order valence-electron chi connectivity index (χ2n) is 14.5. The van der Waals surface area contributed by atoms with Crippen LogP contribution >= 0.6 is 56.7 Å². The fourth-order valence-corrected chi connectivity index (χ4v) is 8.35. The topological polar surface area (TPSA) is 210 Å². The van der Waals surface area contributed by atoms with Gasteiger partial charge in [-0.2, -0.15) is 0 Å². The van der Waals surface area contributed by atoms with E-state index < -0.39 is 49.6 Å². The van der Waals surface area contributed by atoms with Gasteiger partial charge in [0.2, 0.25) is 0 Å². The Morgan fingerprint density at radius 3 is 1.31 bits per heavy atom. The van der Waals surface area contributed by atoms with E-state index in [0.29, 0.717) is 33.4 Å². The lowest BCUT2D eigenvalue weighted by Crippen LogP contribution is -2.48. The van der Waals surface area contributed by atoms with Crippen LogP contribution in [0.1, 0.15) is 123 Å². The molecule has 2 aliphatic carbocycles. The molecule has 4 rings (SSSR count). The summed E-state index contributed by atoms with van der Waals surface area (Å²) < 4.78 is 11.6. The molecule has 10 N–H and O–H groups in total. The third kappa shape index (κ3) is 12.6. The Morgan fingerprint density at radius 2 is 1.00 bits per heavy atom. The third-order valence-corrected chi connectivity index (χ3v) is 12.4. The van der Waals surface area contributed by atoms with E-state index >= 15 is 0 Å². The SMILES string of the molecule is CCC1(NCc2cc(C(=O)OC[C@@H](O)[C@@H](O)[C@H](O)[C@H](O)COC(=O)c3cc(Br)c(N)c(CNC4(CC)CCCCC4)c3)cc(Br)c2N)CCCCC1.Cl.Cl. The Morgan fingerprint density at radius 1 is 0.667 bits per heavy atom. The number of anilines is 2. The van der Waals surface area contributed by atoms with E-state index in [1.165, 1.54) is 25.0 Å². The number of benzene rings is 2. The highest BCUT2D eigenvalue weighted by atomic mass is 79.9. The molecule has 12 nitrogen and oxygen atoms in total. The minimum atomic E-state index is -1.92. The monoisotopic (exact) mass is 926 g/mol. The van der Waals surface area contributed by atoms with E-state index in [2.05, 4.69) is 56.3 Å². The van der Waals surface area contributed by atoms with Crippen LogP contribution in [0.15, 0.2) is 33.2 Å². The highest BCUT2D eigenvalue weighted by Gasteiger charge is 2.34. The van der Waals surface area contributed by atoms with Crippen LogP contribution in [0.4, 0.5) is 11.4 Å². The number of nitrogens with two attached hydrogens (primary N) is 2. The maximum atomic E-state index is 13.0. The molecule has 2 aromatic carbocycles. The van der Waals surface area contributed by atoms with Gasteiger partial charge in [0.15, 0.2) is 0 Å². The molecule has 0 heterocycles. The van der Waals surface area contributed by atoms with Gasteiger partial charge in [-0.15, -0.1) is 24.8 Å². The van der Waals surface area contributed by atoms with E-state index in [0.717, 1.165) is 75.3 Å². The number of hydrogen-bond acceptors (Lipinski definition) is 12. The standard InChI is InChI=1S/C38H56Br2N4O8.2ClH/c1-3-37(11-7-5-8-12-37)43-19-25-15-23(17-27(39)31(25)41)35(49)51-21-29(45)33(47)34(48)30(46)22-52-36(50)24-16-26(32(42)28(40)18-24)20-44-38(4-2)13-9-6-10-14-38;;/h15-18,29-30,33-34,43-48H,3-14,19-22,41-42H2,1-2H3;2*1H/t29-,30-,33-,34-;;/m1../s1. The Hall–Kier alpha value is -1.72. The molecule has 0 bridgehead atoms. The van der Waals surface area contributed by atoms with Crippen molar-refractivity contribution in [1.82, 2.24) is 10.6 Å². The lowest BCUT2D eigenvalue weighted by Gasteiger charge is -2.38. The predicted octanol–water partition coefficient (Wildman–Crippen LogP) is 6.08. The maximum absolute atomic E-state index is 13.0. The van der Waals surface area contributed by atoms with Gasteiger partial charge < -0.3 is 52.0 Å². The number of nitrogen functional groups attached to an aromatic ring is 2. The van der Waals surface area contributed by atoms with Gasteiger partial charge in [-0.3, -0.25) is 0 Å². The summed E-state index contributed by atoms with van der Waals surface area (Å²) in [4.78, 5) is 25.9. The number of aliphatic hydroxyl groups is 4. The Balaban J connectivity index is 0.00000504. The summed E-state index contributed by atoms with van der Waals surface area (Å²) in [5, 5.41) is 49.5. The lowest BCUT2D eigenvalue weighted by atomic mass is 9.79. The summed E-state index contributed by atoms with van der Waals surface area (Å²) >= 11 is 6.84. The molecule has 0 unspecified atom stereocenters. The molecular weight excluding hydrogens is 871 g/mol. The van der Waals surface area contributed by atoms with Gasteiger partial charge in [0.05, 0.1) is 22.5 Å². The molecule has 0 saturated heterocycles. The van der Waals surface area contributed by atoms with Crippen molar-refractivity contribution in [3.63, 3.8) is 0 Å². The van der Waals surface area contributed by atoms with Gasteiger partial charge in [0, 0.05) is 33.1 Å². The van der Waals surface area contributed by atoms with Gasteiger partial charge >= 0.3 is 11.9 Å². The maximum Gasteiger partial charge on any atom is 0.338 e. The molecule has 306 valence electrons. The highest BCUT2D eigenvalue weighted by Crippen LogP contribution is 2.34. The molecule has 16 heteroatoms.